The predicted molar refractivity (Wildman–Crippen MR) is 51.7 cm³/mol. The topological polar surface area (TPSA) is 91.2 Å². The second-order valence-electron chi connectivity index (χ2n) is 2.97. The molecule has 0 aromatic rings. The van der Waals surface area contributed by atoms with Crippen molar-refractivity contribution >= 4 is 11.7 Å². The highest BCUT2D eigenvalue weighted by Gasteiger charge is 2.38. The molecule has 6 nitrogen and oxygen atoms in total. The molecular weight excluding hydrogens is 245 g/mol. The lowest BCUT2D eigenvalue weighted by Crippen LogP contribution is -2.42. The Kier molecular flexibility index (Phi) is 7.22. The maximum Gasteiger partial charge on any atom is 0.490 e. The number of carboxylic acids is 1. The third-order valence-corrected chi connectivity index (χ3v) is 1.49. The van der Waals surface area contributed by atoms with Crippen LogP contribution in [0, 0.1) is 0 Å². The van der Waals surface area contributed by atoms with Crippen molar-refractivity contribution in [3.05, 3.63) is 0 Å². The molecule has 0 radical (unpaired) electrons. The van der Waals surface area contributed by atoms with Crippen molar-refractivity contribution in [2.75, 3.05) is 26.3 Å². The number of nitrogens with one attached hydrogen (secondary N) is 1. The fraction of sp³-hybridized carbons (Fsp3) is 0.750. The Balaban J connectivity index is 0.000000325. The molecule has 0 amide bonds. The number of carboxylic acid groups (broad SMARTS) is 1. The molecule has 1 aliphatic rings. The molecule has 1 aliphatic heterocycles. The highest BCUT2D eigenvalue weighted by atomic mass is 19.4. The summed E-state index contributed by atoms with van der Waals surface area (Å²) in [6.45, 7) is 2.38. The molecule has 0 bridgehead atoms. The molecule has 0 unspecified atom stereocenters. The first-order chi connectivity index (χ1) is 7.88. The standard InChI is InChI=1S/C6H12N2O2.C2HF3O2/c9-2-1-3-10-8-6-4-7-5-6;3-2(4,5)1(6)7/h7,9H,1-5H2;(H,6,7). The van der Waals surface area contributed by atoms with E-state index in [1.54, 1.807) is 0 Å². The van der Waals surface area contributed by atoms with Crippen LogP contribution in [0.25, 0.3) is 0 Å². The minimum Gasteiger partial charge on any atom is -0.475 e. The number of hydrogen-bond acceptors (Lipinski definition) is 5. The maximum absolute atomic E-state index is 10.6. The zero-order valence-corrected chi connectivity index (χ0v) is 8.83. The number of aliphatic hydroxyl groups is 1. The van der Waals surface area contributed by atoms with Gasteiger partial charge in [-0.25, -0.2) is 4.79 Å². The lowest BCUT2D eigenvalue weighted by molar-refractivity contribution is -0.192. The first kappa shape index (κ1) is 15.7. The Hall–Kier alpha value is -1.35. The van der Waals surface area contributed by atoms with Gasteiger partial charge in [-0.2, -0.15) is 13.2 Å². The summed E-state index contributed by atoms with van der Waals surface area (Å²) in [6.07, 6.45) is -4.43. The number of aliphatic carboxylic acids is 1. The lowest BCUT2D eigenvalue weighted by atomic mass is 10.2. The molecule has 1 rings (SSSR count). The van der Waals surface area contributed by atoms with Crippen LogP contribution in [0.2, 0.25) is 0 Å². The molecule has 17 heavy (non-hydrogen) atoms. The maximum atomic E-state index is 10.6. The summed E-state index contributed by atoms with van der Waals surface area (Å²) in [5.41, 5.74) is 1.05. The van der Waals surface area contributed by atoms with Gasteiger partial charge in [0.05, 0.1) is 5.71 Å². The van der Waals surface area contributed by atoms with Crippen LogP contribution in [0.4, 0.5) is 13.2 Å². The number of oxime groups is 1. The van der Waals surface area contributed by atoms with E-state index in [1.807, 2.05) is 0 Å². The highest BCUT2D eigenvalue weighted by Crippen LogP contribution is 2.13. The van der Waals surface area contributed by atoms with E-state index in [4.69, 9.17) is 19.8 Å². The molecule has 0 aromatic heterocycles. The molecule has 0 spiro atoms. The summed E-state index contributed by atoms with van der Waals surface area (Å²) in [5.74, 6) is -2.76. The summed E-state index contributed by atoms with van der Waals surface area (Å²) in [6, 6.07) is 0. The molecule has 1 heterocycles. The van der Waals surface area contributed by atoms with Crippen molar-refractivity contribution < 1.29 is 33.0 Å². The average molecular weight is 258 g/mol. The molecule has 0 aliphatic carbocycles. The smallest absolute Gasteiger partial charge is 0.475 e. The van der Waals surface area contributed by atoms with E-state index in [0.717, 1.165) is 18.8 Å². The molecule has 1 fully saturated rings. The largest absolute Gasteiger partial charge is 0.490 e. The van der Waals surface area contributed by atoms with E-state index in [9.17, 15) is 13.2 Å². The van der Waals surface area contributed by atoms with Crippen molar-refractivity contribution in [1.29, 1.82) is 0 Å². The zero-order chi connectivity index (χ0) is 13.3. The monoisotopic (exact) mass is 258 g/mol. The van der Waals surface area contributed by atoms with E-state index in [2.05, 4.69) is 10.5 Å². The summed E-state index contributed by atoms with van der Waals surface area (Å²) < 4.78 is 31.7. The first-order valence-corrected chi connectivity index (χ1v) is 4.67. The van der Waals surface area contributed by atoms with Gasteiger partial charge in [0.2, 0.25) is 0 Å². The van der Waals surface area contributed by atoms with Crippen LogP contribution in [0.3, 0.4) is 0 Å². The van der Waals surface area contributed by atoms with Gasteiger partial charge in [-0.1, -0.05) is 5.16 Å². The van der Waals surface area contributed by atoms with Gasteiger partial charge in [-0.15, -0.1) is 0 Å². The van der Waals surface area contributed by atoms with Gasteiger partial charge < -0.3 is 20.4 Å². The average Bonchev–Trinajstić information content (AvgIpc) is 2.14. The van der Waals surface area contributed by atoms with Gasteiger partial charge in [0, 0.05) is 26.1 Å². The Labute approximate surface area is 95.1 Å². The number of halogens is 3. The quantitative estimate of drug-likeness (QED) is 0.487. The van der Waals surface area contributed by atoms with Gasteiger partial charge in [0.15, 0.2) is 0 Å². The van der Waals surface area contributed by atoms with Crippen LogP contribution in [-0.4, -0.2) is 54.4 Å². The van der Waals surface area contributed by atoms with Crippen LogP contribution < -0.4 is 5.32 Å². The number of nitrogens with zero attached hydrogens (tertiary/aromatic N) is 1. The van der Waals surface area contributed by atoms with Crippen LogP contribution in [0.15, 0.2) is 5.16 Å². The van der Waals surface area contributed by atoms with Crippen LogP contribution in [0.5, 0.6) is 0 Å². The van der Waals surface area contributed by atoms with Crippen molar-refractivity contribution in [1.82, 2.24) is 5.32 Å². The normalized spacial score (nSPS) is 14.2. The first-order valence-electron chi connectivity index (χ1n) is 4.67. The third-order valence-electron chi connectivity index (χ3n) is 1.49. The molecule has 0 aromatic carbocycles. The summed E-state index contributed by atoms with van der Waals surface area (Å²) in [7, 11) is 0. The van der Waals surface area contributed by atoms with Crippen molar-refractivity contribution in [2.24, 2.45) is 5.16 Å². The molecule has 9 heteroatoms. The van der Waals surface area contributed by atoms with Gasteiger partial charge in [-0.05, 0) is 0 Å². The highest BCUT2D eigenvalue weighted by molar-refractivity contribution is 5.92. The summed E-state index contributed by atoms with van der Waals surface area (Å²) in [5, 5.41) is 22.3. The fourth-order valence-corrected chi connectivity index (χ4v) is 0.567. The number of aliphatic hydroxyl groups excluding tert-OH is 1. The number of carbonyl (C=O) groups is 1. The van der Waals surface area contributed by atoms with Crippen LogP contribution >= 0.6 is 0 Å². The van der Waals surface area contributed by atoms with E-state index >= 15 is 0 Å². The Bertz CT molecular complexity index is 262. The molecule has 0 atom stereocenters. The van der Waals surface area contributed by atoms with E-state index in [1.165, 1.54) is 0 Å². The lowest BCUT2D eigenvalue weighted by Gasteiger charge is -2.15. The number of alkyl halides is 3. The fourth-order valence-electron chi connectivity index (χ4n) is 0.567. The van der Waals surface area contributed by atoms with Gasteiger partial charge in [0.1, 0.15) is 6.61 Å². The molecule has 1 saturated heterocycles. The van der Waals surface area contributed by atoms with Gasteiger partial charge in [-0.3, -0.25) is 0 Å². The van der Waals surface area contributed by atoms with E-state index in [0.29, 0.717) is 13.0 Å². The van der Waals surface area contributed by atoms with Crippen molar-refractivity contribution in [3.8, 4) is 0 Å². The number of hydrogen-bond donors (Lipinski definition) is 3. The van der Waals surface area contributed by atoms with Crippen LogP contribution in [-0.2, 0) is 9.63 Å². The van der Waals surface area contributed by atoms with E-state index < -0.39 is 12.1 Å². The SMILES string of the molecule is O=C(O)C(F)(F)F.OCCCON=C1CNC1. The second kappa shape index (κ2) is 7.85. The molecular formula is C8H13F3N2O4. The minimum absolute atomic E-state index is 0.170. The molecule has 100 valence electrons. The van der Waals surface area contributed by atoms with E-state index in [-0.39, 0.29) is 6.61 Å². The Morgan fingerprint density at radius 1 is 1.47 bits per heavy atom. The summed E-state index contributed by atoms with van der Waals surface area (Å²) >= 11 is 0. The zero-order valence-electron chi connectivity index (χ0n) is 8.83. The minimum atomic E-state index is -5.08. The Morgan fingerprint density at radius 2 is 2.00 bits per heavy atom. The summed E-state index contributed by atoms with van der Waals surface area (Å²) in [4.78, 5) is 13.8. The number of rotatable bonds is 4. The van der Waals surface area contributed by atoms with Gasteiger partial charge in [0.25, 0.3) is 0 Å². The van der Waals surface area contributed by atoms with Gasteiger partial charge >= 0.3 is 12.1 Å². The Morgan fingerprint density at radius 3 is 2.29 bits per heavy atom. The molecule has 3 N–H and O–H groups in total. The molecule has 0 saturated carbocycles. The van der Waals surface area contributed by atoms with Crippen LogP contribution in [0.1, 0.15) is 6.42 Å². The third kappa shape index (κ3) is 8.46. The van der Waals surface area contributed by atoms with Crippen molar-refractivity contribution in [2.45, 2.75) is 12.6 Å². The predicted octanol–water partition coefficient (Wildman–Crippen LogP) is -0.0221. The second-order valence-corrected chi connectivity index (χ2v) is 2.97. The van der Waals surface area contributed by atoms with Crippen molar-refractivity contribution in [3.63, 3.8) is 0 Å².